The number of ether oxygens (including phenoxy) is 2. The molecule has 20 heavy (non-hydrogen) atoms. The average molecular weight is 281 g/mol. The number of nitrogens with one attached hydrogen (secondary N) is 1. The van der Waals surface area contributed by atoms with E-state index in [9.17, 15) is 9.90 Å². The highest BCUT2D eigenvalue weighted by atomic mass is 16.6. The zero-order valence-electron chi connectivity index (χ0n) is 12.5. The van der Waals surface area contributed by atoms with Crippen LogP contribution in [-0.2, 0) is 4.74 Å². The molecule has 0 fully saturated rings. The summed E-state index contributed by atoms with van der Waals surface area (Å²) in [5.74, 6) is 0.755. The van der Waals surface area contributed by atoms with Crippen molar-refractivity contribution in [2.24, 2.45) is 0 Å². The van der Waals surface area contributed by atoms with Crippen LogP contribution in [0.25, 0.3) is 0 Å². The summed E-state index contributed by atoms with van der Waals surface area (Å²) in [7, 11) is 0. The Morgan fingerprint density at radius 2 is 1.90 bits per heavy atom. The molecule has 2 N–H and O–H groups in total. The van der Waals surface area contributed by atoms with Gasteiger partial charge in [0.15, 0.2) is 0 Å². The van der Waals surface area contributed by atoms with Gasteiger partial charge in [0, 0.05) is 0 Å². The number of hydrogen-bond acceptors (Lipinski definition) is 4. The van der Waals surface area contributed by atoms with Crippen LogP contribution in [-0.4, -0.2) is 30.0 Å². The minimum Gasteiger partial charge on any atom is -0.494 e. The SMILES string of the molecule is CCOc1ccc([C@H](CO)NC(=O)OC(C)(C)C)cc1. The number of alkyl carbamates (subject to hydrolysis) is 1. The number of amides is 1. The van der Waals surface area contributed by atoms with Gasteiger partial charge < -0.3 is 19.9 Å². The first-order chi connectivity index (χ1) is 9.35. The molecule has 0 aliphatic rings. The molecule has 0 saturated heterocycles. The molecule has 1 aromatic carbocycles. The number of rotatable bonds is 5. The van der Waals surface area contributed by atoms with E-state index in [4.69, 9.17) is 9.47 Å². The number of benzene rings is 1. The second-order valence-electron chi connectivity index (χ2n) is 5.38. The molecule has 1 amide bonds. The van der Waals surface area contributed by atoms with E-state index in [-0.39, 0.29) is 6.61 Å². The summed E-state index contributed by atoms with van der Waals surface area (Å²) in [6.07, 6.45) is -0.551. The van der Waals surface area contributed by atoms with Crippen molar-refractivity contribution in [2.75, 3.05) is 13.2 Å². The smallest absolute Gasteiger partial charge is 0.408 e. The third kappa shape index (κ3) is 5.48. The summed E-state index contributed by atoms with van der Waals surface area (Å²) >= 11 is 0. The van der Waals surface area contributed by atoms with E-state index in [1.165, 1.54) is 0 Å². The average Bonchev–Trinajstić information content (AvgIpc) is 2.35. The first kappa shape index (κ1) is 16.3. The summed E-state index contributed by atoms with van der Waals surface area (Å²) in [6.45, 7) is 7.67. The molecule has 1 rings (SSSR count). The maximum absolute atomic E-state index is 11.7. The van der Waals surface area contributed by atoms with Crippen LogP contribution in [0.3, 0.4) is 0 Å². The predicted molar refractivity (Wildman–Crippen MR) is 76.8 cm³/mol. The Morgan fingerprint density at radius 1 is 1.30 bits per heavy atom. The lowest BCUT2D eigenvalue weighted by Crippen LogP contribution is -2.36. The van der Waals surface area contributed by atoms with Crippen molar-refractivity contribution >= 4 is 6.09 Å². The molecule has 0 aliphatic carbocycles. The molecule has 0 bridgehead atoms. The van der Waals surface area contributed by atoms with E-state index < -0.39 is 17.7 Å². The van der Waals surface area contributed by atoms with Gasteiger partial charge in [-0.2, -0.15) is 0 Å². The maximum atomic E-state index is 11.7. The Labute approximate surface area is 119 Å². The Hall–Kier alpha value is -1.75. The van der Waals surface area contributed by atoms with Crippen molar-refractivity contribution < 1.29 is 19.4 Å². The van der Waals surface area contributed by atoms with Crippen LogP contribution in [0.1, 0.15) is 39.3 Å². The summed E-state index contributed by atoms with van der Waals surface area (Å²) in [4.78, 5) is 11.7. The maximum Gasteiger partial charge on any atom is 0.408 e. The lowest BCUT2D eigenvalue weighted by Gasteiger charge is -2.23. The fourth-order valence-corrected chi connectivity index (χ4v) is 1.65. The second kappa shape index (κ2) is 7.14. The Balaban J connectivity index is 2.68. The number of hydrogen-bond donors (Lipinski definition) is 2. The third-order valence-corrected chi connectivity index (χ3v) is 2.47. The predicted octanol–water partition coefficient (Wildman–Crippen LogP) is 2.64. The normalized spacial score (nSPS) is 12.7. The van der Waals surface area contributed by atoms with Gasteiger partial charge in [-0.05, 0) is 45.4 Å². The molecule has 0 heterocycles. The van der Waals surface area contributed by atoms with E-state index in [0.29, 0.717) is 6.61 Å². The quantitative estimate of drug-likeness (QED) is 0.870. The largest absolute Gasteiger partial charge is 0.494 e. The molecule has 0 aliphatic heterocycles. The molecular weight excluding hydrogens is 258 g/mol. The van der Waals surface area contributed by atoms with Crippen molar-refractivity contribution in [2.45, 2.75) is 39.3 Å². The lowest BCUT2D eigenvalue weighted by molar-refractivity contribution is 0.0482. The van der Waals surface area contributed by atoms with Gasteiger partial charge >= 0.3 is 6.09 Å². The van der Waals surface area contributed by atoms with E-state index in [0.717, 1.165) is 11.3 Å². The van der Waals surface area contributed by atoms with Gasteiger partial charge in [0.25, 0.3) is 0 Å². The van der Waals surface area contributed by atoms with Gasteiger partial charge in [-0.25, -0.2) is 4.79 Å². The minimum atomic E-state index is -0.567. The van der Waals surface area contributed by atoms with Crippen LogP contribution in [0.15, 0.2) is 24.3 Å². The third-order valence-electron chi connectivity index (χ3n) is 2.47. The van der Waals surface area contributed by atoms with Gasteiger partial charge in [0.2, 0.25) is 0 Å². The van der Waals surface area contributed by atoms with E-state index in [1.807, 2.05) is 19.1 Å². The van der Waals surface area contributed by atoms with Gasteiger partial charge in [0.1, 0.15) is 11.4 Å². The summed E-state index contributed by atoms with van der Waals surface area (Å²) < 4.78 is 10.5. The first-order valence-electron chi connectivity index (χ1n) is 6.69. The van der Waals surface area contributed by atoms with Crippen LogP contribution < -0.4 is 10.1 Å². The van der Waals surface area contributed by atoms with Crippen molar-refractivity contribution in [1.82, 2.24) is 5.32 Å². The Morgan fingerprint density at radius 3 is 2.35 bits per heavy atom. The second-order valence-corrected chi connectivity index (χ2v) is 5.38. The highest BCUT2D eigenvalue weighted by Gasteiger charge is 2.20. The highest BCUT2D eigenvalue weighted by molar-refractivity contribution is 5.68. The van der Waals surface area contributed by atoms with Crippen molar-refractivity contribution in [3.8, 4) is 5.75 Å². The van der Waals surface area contributed by atoms with Crippen molar-refractivity contribution in [3.05, 3.63) is 29.8 Å². The zero-order chi connectivity index (χ0) is 15.2. The number of carbonyl (C=O) groups excluding carboxylic acids is 1. The van der Waals surface area contributed by atoms with E-state index in [2.05, 4.69) is 5.32 Å². The van der Waals surface area contributed by atoms with E-state index in [1.54, 1.807) is 32.9 Å². The topological polar surface area (TPSA) is 67.8 Å². The fraction of sp³-hybridized carbons (Fsp3) is 0.533. The van der Waals surface area contributed by atoms with Crippen LogP contribution >= 0.6 is 0 Å². The van der Waals surface area contributed by atoms with Gasteiger partial charge in [-0.1, -0.05) is 12.1 Å². The summed E-state index contributed by atoms with van der Waals surface area (Å²) in [5, 5.41) is 12.0. The molecule has 1 atom stereocenters. The molecule has 5 heteroatoms. The molecule has 5 nitrogen and oxygen atoms in total. The standard InChI is InChI=1S/C15H23NO4/c1-5-19-12-8-6-11(7-9-12)13(10-17)16-14(18)20-15(2,3)4/h6-9,13,17H,5,10H2,1-4H3,(H,16,18)/t13-/m0/s1. The van der Waals surface area contributed by atoms with Crippen LogP contribution in [0.2, 0.25) is 0 Å². The Kier molecular flexibility index (Phi) is 5.82. The number of carbonyl (C=O) groups is 1. The molecular formula is C15H23NO4. The van der Waals surface area contributed by atoms with Crippen LogP contribution in [0.5, 0.6) is 5.75 Å². The molecule has 0 radical (unpaired) electrons. The van der Waals surface area contributed by atoms with Crippen LogP contribution in [0.4, 0.5) is 4.79 Å². The summed E-state index contributed by atoms with van der Waals surface area (Å²) in [6, 6.07) is 6.73. The minimum absolute atomic E-state index is 0.201. The number of aliphatic hydroxyl groups excluding tert-OH is 1. The fourth-order valence-electron chi connectivity index (χ4n) is 1.65. The molecule has 112 valence electrons. The van der Waals surface area contributed by atoms with Crippen LogP contribution in [0, 0.1) is 0 Å². The number of aliphatic hydroxyl groups is 1. The zero-order valence-corrected chi connectivity index (χ0v) is 12.5. The molecule has 0 saturated carbocycles. The Bertz CT molecular complexity index is 422. The molecule has 1 aromatic rings. The van der Waals surface area contributed by atoms with Gasteiger partial charge in [-0.3, -0.25) is 0 Å². The highest BCUT2D eigenvalue weighted by Crippen LogP contribution is 2.18. The van der Waals surface area contributed by atoms with Crippen molar-refractivity contribution in [3.63, 3.8) is 0 Å². The lowest BCUT2D eigenvalue weighted by atomic mass is 10.1. The monoisotopic (exact) mass is 281 g/mol. The molecule has 0 aromatic heterocycles. The first-order valence-corrected chi connectivity index (χ1v) is 6.69. The van der Waals surface area contributed by atoms with Crippen molar-refractivity contribution in [1.29, 1.82) is 0 Å². The molecule has 0 unspecified atom stereocenters. The van der Waals surface area contributed by atoms with Gasteiger partial charge in [-0.15, -0.1) is 0 Å². The summed E-state index contributed by atoms with van der Waals surface area (Å²) in [5.41, 5.74) is 0.227. The molecule has 0 spiro atoms. The van der Waals surface area contributed by atoms with E-state index >= 15 is 0 Å². The van der Waals surface area contributed by atoms with Gasteiger partial charge in [0.05, 0.1) is 19.3 Å².